The summed E-state index contributed by atoms with van der Waals surface area (Å²) in [7, 11) is 0. The molecule has 0 saturated heterocycles. The summed E-state index contributed by atoms with van der Waals surface area (Å²) >= 11 is 0. The molecule has 0 bridgehead atoms. The van der Waals surface area contributed by atoms with Crippen LogP contribution < -0.4 is 0 Å². The summed E-state index contributed by atoms with van der Waals surface area (Å²) in [4.78, 5) is 4.23. The zero-order valence-corrected chi connectivity index (χ0v) is 9.95. The molecule has 0 radical (unpaired) electrons. The van der Waals surface area contributed by atoms with E-state index in [2.05, 4.69) is 10.1 Å². The quantitative estimate of drug-likeness (QED) is 0.855. The molecule has 1 N–H and O–H groups in total. The molecule has 2 heterocycles. The molecule has 0 aliphatic carbocycles. The van der Waals surface area contributed by atoms with Gasteiger partial charge in [-0.2, -0.15) is 5.10 Å². The second-order valence-electron chi connectivity index (χ2n) is 4.00. The topological polar surface area (TPSA) is 50.9 Å². The Morgan fingerprint density at radius 1 is 1.41 bits per heavy atom. The van der Waals surface area contributed by atoms with E-state index in [1.54, 1.807) is 12.4 Å². The van der Waals surface area contributed by atoms with Gasteiger partial charge < -0.3 is 5.11 Å². The molecule has 0 aliphatic rings. The van der Waals surface area contributed by atoms with Gasteiger partial charge in [-0.25, -0.2) is 0 Å². The molecule has 0 aromatic carbocycles. The third-order valence-corrected chi connectivity index (χ3v) is 2.76. The van der Waals surface area contributed by atoms with Crippen LogP contribution in [-0.2, 0) is 13.0 Å². The first kappa shape index (κ1) is 11.8. The van der Waals surface area contributed by atoms with Crippen LogP contribution in [0.25, 0.3) is 0 Å². The van der Waals surface area contributed by atoms with Gasteiger partial charge in [-0.05, 0) is 31.9 Å². The molecule has 0 aliphatic heterocycles. The molecular weight excluding hydrogens is 214 g/mol. The van der Waals surface area contributed by atoms with Crippen molar-refractivity contribution in [2.24, 2.45) is 0 Å². The van der Waals surface area contributed by atoms with Crippen molar-refractivity contribution in [1.82, 2.24) is 14.8 Å². The Bertz CT molecular complexity index is 453. The van der Waals surface area contributed by atoms with Crippen molar-refractivity contribution in [3.8, 4) is 0 Å². The molecule has 2 rings (SSSR count). The van der Waals surface area contributed by atoms with Gasteiger partial charge >= 0.3 is 0 Å². The first-order valence-corrected chi connectivity index (χ1v) is 5.90. The van der Waals surface area contributed by atoms with Crippen LogP contribution in [0.5, 0.6) is 0 Å². The fraction of sp³-hybridized carbons (Fsp3) is 0.385. The minimum Gasteiger partial charge on any atom is -0.388 e. The average Bonchev–Trinajstić information content (AvgIpc) is 2.86. The highest BCUT2D eigenvalue weighted by Gasteiger charge is 2.10. The van der Waals surface area contributed by atoms with Crippen molar-refractivity contribution in [2.45, 2.75) is 32.4 Å². The molecule has 0 fully saturated rings. The van der Waals surface area contributed by atoms with Gasteiger partial charge in [0.2, 0.25) is 0 Å². The van der Waals surface area contributed by atoms with E-state index in [-0.39, 0.29) is 0 Å². The Labute approximate surface area is 101 Å². The summed E-state index contributed by atoms with van der Waals surface area (Å²) in [6, 6.07) is 5.83. The van der Waals surface area contributed by atoms with E-state index in [0.29, 0.717) is 6.42 Å². The van der Waals surface area contributed by atoms with Gasteiger partial charge in [0, 0.05) is 30.2 Å². The lowest BCUT2D eigenvalue weighted by Gasteiger charge is -2.07. The van der Waals surface area contributed by atoms with Gasteiger partial charge in [-0.15, -0.1) is 0 Å². The molecule has 4 nitrogen and oxygen atoms in total. The van der Waals surface area contributed by atoms with Gasteiger partial charge in [0.1, 0.15) is 0 Å². The Hall–Kier alpha value is -1.68. The molecule has 2 aromatic rings. The van der Waals surface area contributed by atoms with Gasteiger partial charge in [0.25, 0.3) is 0 Å². The van der Waals surface area contributed by atoms with Crippen molar-refractivity contribution >= 4 is 0 Å². The van der Waals surface area contributed by atoms with Crippen molar-refractivity contribution in [3.63, 3.8) is 0 Å². The SMILES string of the molecule is CCn1cc(C(O)CCc2ccccn2)cn1. The highest BCUT2D eigenvalue weighted by atomic mass is 16.3. The smallest absolute Gasteiger partial charge is 0.0824 e. The lowest BCUT2D eigenvalue weighted by molar-refractivity contribution is 0.167. The predicted octanol–water partition coefficient (Wildman–Crippen LogP) is 1.96. The monoisotopic (exact) mass is 231 g/mol. The fourth-order valence-corrected chi connectivity index (χ4v) is 1.72. The summed E-state index contributed by atoms with van der Waals surface area (Å²) in [6.07, 6.45) is 6.38. The van der Waals surface area contributed by atoms with Crippen LogP contribution in [0, 0.1) is 0 Å². The number of aliphatic hydroxyl groups is 1. The Morgan fingerprint density at radius 3 is 2.94 bits per heavy atom. The van der Waals surface area contributed by atoms with Gasteiger partial charge in [0.05, 0.1) is 12.3 Å². The molecule has 1 unspecified atom stereocenters. The first-order valence-electron chi connectivity index (χ1n) is 5.90. The Balaban J connectivity index is 1.91. The maximum Gasteiger partial charge on any atom is 0.0824 e. The van der Waals surface area contributed by atoms with Crippen LogP contribution in [0.1, 0.15) is 30.7 Å². The van der Waals surface area contributed by atoms with Gasteiger partial charge in [-0.3, -0.25) is 9.67 Å². The van der Waals surface area contributed by atoms with Crippen molar-refractivity contribution in [2.75, 3.05) is 0 Å². The summed E-state index contributed by atoms with van der Waals surface area (Å²) in [5.74, 6) is 0. The third-order valence-electron chi connectivity index (χ3n) is 2.76. The highest BCUT2D eigenvalue weighted by Crippen LogP contribution is 2.17. The molecule has 90 valence electrons. The first-order chi connectivity index (χ1) is 8.29. The van der Waals surface area contributed by atoms with Crippen molar-refractivity contribution in [1.29, 1.82) is 0 Å². The minimum absolute atomic E-state index is 0.461. The van der Waals surface area contributed by atoms with E-state index >= 15 is 0 Å². The number of hydrogen-bond acceptors (Lipinski definition) is 3. The molecule has 4 heteroatoms. The Kier molecular flexibility index (Phi) is 3.88. The second kappa shape index (κ2) is 5.59. The third kappa shape index (κ3) is 3.14. The van der Waals surface area contributed by atoms with Crippen LogP contribution in [0.15, 0.2) is 36.8 Å². The second-order valence-corrected chi connectivity index (χ2v) is 4.00. The summed E-state index contributed by atoms with van der Waals surface area (Å²) in [6.45, 7) is 2.85. The number of nitrogens with zero attached hydrogens (tertiary/aromatic N) is 3. The van der Waals surface area contributed by atoms with Gasteiger partial charge in [0.15, 0.2) is 0 Å². The number of aryl methyl sites for hydroxylation is 2. The number of aromatic nitrogens is 3. The molecular formula is C13H17N3O. The van der Waals surface area contributed by atoms with Crippen molar-refractivity contribution < 1.29 is 5.11 Å². The zero-order chi connectivity index (χ0) is 12.1. The summed E-state index contributed by atoms with van der Waals surface area (Å²) < 4.78 is 1.82. The summed E-state index contributed by atoms with van der Waals surface area (Å²) in [5.41, 5.74) is 1.89. The standard InChI is InChI=1S/C13H17N3O/c1-2-16-10-11(9-15-16)13(17)7-6-12-5-3-4-8-14-12/h3-5,8-10,13,17H,2,6-7H2,1H3. The molecule has 0 spiro atoms. The Morgan fingerprint density at radius 2 is 2.29 bits per heavy atom. The predicted molar refractivity (Wildman–Crippen MR) is 65.4 cm³/mol. The van der Waals surface area contributed by atoms with E-state index in [9.17, 15) is 5.11 Å². The van der Waals surface area contributed by atoms with Crippen LogP contribution >= 0.6 is 0 Å². The van der Waals surface area contributed by atoms with E-state index in [1.165, 1.54) is 0 Å². The van der Waals surface area contributed by atoms with Crippen LogP contribution in [-0.4, -0.2) is 19.9 Å². The number of hydrogen-bond donors (Lipinski definition) is 1. The molecule has 0 saturated carbocycles. The number of rotatable bonds is 5. The maximum absolute atomic E-state index is 10.0. The van der Waals surface area contributed by atoms with Crippen LogP contribution in [0.2, 0.25) is 0 Å². The van der Waals surface area contributed by atoms with Crippen LogP contribution in [0.3, 0.4) is 0 Å². The molecule has 1 atom stereocenters. The van der Waals surface area contributed by atoms with E-state index in [0.717, 1.165) is 24.2 Å². The number of pyridine rings is 1. The van der Waals surface area contributed by atoms with Gasteiger partial charge in [-0.1, -0.05) is 6.07 Å². The highest BCUT2D eigenvalue weighted by molar-refractivity contribution is 5.09. The van der Waals surface area contributed by atoms with Crippen LogP contribution in [0.4, 0.5) is 0 Å². The van der Waals surface area contributed by atoms with E-state index in [4.69, 9.17) is 0 Å². The number of aliphatic hydroxyl groups excluding tert-OH is 1. The van der Waals surface area contributed by atoms with E-state index in [1.807, 2.05) is 36.0 Å². The fourth-order valence-electron chi connectivity index (χ4n) is 1.72. The maximum atomic E-state index is 10.0. The van der Waals surface area contributed by atoms with E-state index < -0.39 is 6.10 Å². The molecule has 17 heavy (non-hydrogen) atoms. The minimum atomic E-state index is -0.461. The lowest BCUT2D eigenvalue weighted by atomic mass is 10.1. The zero-order valence-electron chi connectivity index (χ0n) is 9.95. The van der Waals surface area contributed by atoms with Crippen molar-refractivity contribution in [3.05, 3.63) is 48.0 Å². The largest absolute Gasteiger partial charge is 0.388 e. The lowest BCUT2D eigenvalue weighted by Crippen LogP contribution is -2.00. The molecule has 2 aromatic heterocycles. The normalized spacial score (nSPS) is 12.6. The average molecular weight is 231 g/mol. The summed E-state index contributed by atoms with van der Waals surface area (Å²) in [5, 5.41) is 14.2. The molecule has 0 amide bonds.